The largest absolute Gasteiger partial charge is 0.396 e. The van der Waals surface area contributed by atoms with Crippen molar-refractivity contribution in [2.75, 3.05) is 19.7 Å². The summed E-state index contributed by atoms with van der Waals surface area (Å²) >= 11 is 0. The summed E-state index contributed by atoms with van der Waals surface area (Å²) in [6.45, 7) is 5.24. The predicted octanol–water partition coefficient (Wildman–Crippen LogP) is 0.824. The van der Waals surface area contributed by atoms with Crippen molar-refractivity contribution in [3.05, 3.63) is 0 Å². The van der Waals surface area contributed by atoms with Gasteiger partial charge in [0.25, 0.3) is 0 Å². The molecule has 16 heavy (non-hydrogen) atoms. The molecule has 0 aromatic rings. The molecule has 1 saturated heterocycles. The van der Waals surface area contributed by atoms with Gasteiger partial charge >= 0.3 is 6.03 Å². The molecule has 0 aromatic heterocycles. The molecule has 0 bridgehead atoms. The van der Waals surface area contributed by atoms with Gasteiger partial charge in [-0.2, -0.15) is 4.99 Å². The summed E-state index contributed by atoms with van der Waals surface area (Å²) in [5.74, 6) is 0.645. The number of aliphatic hydroxyl groups excluding tert-OH is 1. The quantitative estimate of drug-likeness (QED) is 0.541. The number of amidine groups is 1. The van der Waals surface area contributed by atoms with Gasteiger partial charge in [-0.25, -0.2) is 4.79 Å². The minimum absolute atomic E-state index is 0.0855. The zero-order chi connectivity index (χ0) is 12.1. The van der Waals surface area contributed by atoms with Gasteiger partial charge in [-0.1, -0.05) is 13.8 Å². The van der Waals surface area contributed by atoms with E-state index < -0.39 is 0 Å². The Morgan fingerprint density at radius 2 is 2.31 bits per heavy atom. The van der Waals surface area contributed by atoms with Crippen LogP contribution in [0.25, 0.3) is 0 Å². The molecule has 1 rings (SSSR count). The van der Waals surface area contributed by atoms with Crippen LogP contribution in [-0.2, 0) is 0 Å². The molecule has 1 aliphatic heterocycles. The van der Waals surface area contributed by atoms with Crippen LogP contribution in [0.5, 0.6) is 0 Å². The van der Waals surface area contributed by atoms with Crippen molar-refractivity contribution in [1.82, 2.24) is 4.90 Å². The fourth-order valence-electron chi connectivity index (χ4n) is 1.70. The number of carbonyl (C=O) groups excluding carboxylic acids is 1. The number of rotatable bonds is 2. The van der Waals surface area contributed by atoms with Crippen molar-refractivity contribution in [2.24, 2.45) is 22.6 Å². The Balaban J connectivity index is 2.57. The van der Waals surface area contributed by atoms with Crippen LogP contribution in [0.1, 0.15) is 26.7 Å². The van der Waals surface area contributed by atoms with E-state index in [4.69, 9.17) is 10.8 Å². The molecule has 5 heteroatoms. The van der Waals surface area contributed by atoms with Crippen LogP contribution in [-0.4, -0.2) is 41.6 Å². The first-order chi connectivity index (χ1) is 7.54. The van der Waals surface area contributed by atoms with Gasteiger partial charge in [0.1, 0.15) is 5.84 Å². The summed E-state index contributed by atoms with van der Waals surface area (Å²) in [5, 5.41) is 9.06. The highest BCUT2D eigenvalue weighted by atomic mass is 16.3. The minimum atomic E-state index is -0.274. The van der Waals surface area contributed by atoms with Crippen LogP contribution >= 0.6 is 0 Å². The van der Waals surface area contributed by atoms with Crippen LogP contribution in [0, 0.1) is 11.8 Å². The van der Waals surface area contributed by atoms with Crippen molar-refractivity contribution >= 4 is 11.9 Å². The molecule has 92 valence electrons. The molecule has 0 spiro atoms. The minimum Gasteiger partial charge on any atom is -0.396 e. The molecule has 1 aliphatic rings. The number of likely N-dealkylation sites (tertiary alicyclic amines) is 1. The lowest BCUT2D eigenvalue weighted by Crippen LogP contribution is -2.40. The number of nitrogens with two attached hydrogens (primary N) is 1. The van der Waals surface area contributed by atoms with E-state index in [1.807, 2.05) is 13.8 Å². The summed E-state index contributed by atoms with van der Waals surface area (Å²) in [7, 11) is 0. The van der Waals surface area contributed by atoms with Crippen molar-refractivity contribution in [2.45, 2.75) is 26.7 Å². The highest BCUT2D eigenvalue weighted by Gasteiger charge is 2.23. The molecule has 0 aliphatic carbocycles. The van der Waals surface area contributed by atoms with Gasteiger partial charge in [0.15, 0.2) is 0 Å². The van der Waals surface area contributed by atoms with E-state index in [9.17, 15) is 4.79 Å². The Morgan fingerprint density at radius 3 is 2.88 bits per heavy atom. The van der Waals surface area contributed by atoms with E-state index in [-0.39, 0.29) is 24.5 Å². The molecule has 1 unspecified atom stereocenters. The van der Waals surface area contributed by atoms with Crippen molar-refractivity contribution in [3.8, 4) is 0 Å². The molecule has 0 radical (unpaired) electrons. The van der Waals surface area contributed by atoms with Gasteiger partial charge in [0, 0.05) is 25.6 Å². The van der Waals surface area contributed by atoms with Crippen LogP contribution < -0.4 is 5.73 Å². The van der Waals surface area contributed by atoms with E-state index in [1.54, 1.807) is 4.90 Å². The lowest BCUT2D eigenvalue weighted by atomic mass is 9.99. The topological polar surface area (TPSA) is 78.9 Å². The van der Waals surface area contributed by atoms with Crippen LogP contribution in [0.15, 0.2) is 4.99 Å². The molecule has 1 atom stereocenters. The molecular formula is C11H21N3O2. The third-order valence-corrected chi connectivity index (χ3v) is 2.86. The van der Waals surface area contributed by atoms with E-state index >= 15 is 0 Å². The fraction of sp³-hybridized carbons (Fsp3) is 0.818. The third-order valence-electron chi connectivity index (χ3n) is 2.86. The first kappa shape index (κ1) is 13.0. The second-order valence-electron chi connectivity index (χ2n) is 4.61. The van der Waals surface area contributed by atoms with E-state index in [0.717, 1.165) is 12.8 Å². The monoisotopic (exact) mass is 227 g/mol. The Morgan fingerprint density at radius 1 is 1.62 bits per heavy atom. The maximum Gasteiger partial charge on any atom is 0.345 e. The Kier molecular flexibility index (Phi) is 4.73. The van der Waals surface area contributed by atoms with Crippen molar-refractivity contribution in [3.63, 3.8) is 0 Å². The summed E-state index contributed by atoms with van der Waals surface area (Å²) < 4.78 is 0. The molecule has 2 amide bonds. The molecule has 1 fully saturated rings. The second-order valence-corrected chi connectivity index (χ2v) is 4.61. The molecular weight excluding hydrogens is 206 g/mol. The van der Waals surface area contributed by atoms with Gasteiger partial charge < -0.3 is 15.7 Å². The average molecular weight is 227 g/mol. The summed E-state index contributed by atoms with van der Waals surface area (Å²) in [4.78, 5) is 17.3. The fourth-order valence-corrected chi connectivity index (χ4v) is 1.70. The van der Waals surface area contributed by atoms with Gasteiger partial charge in [0.2, 0.25) is 0 Å². The summed E-state index contributed by atoms with van der Waals surface area (Å²) in [6, 6.07) is -0.274. The van der Waals surface area contributed by atoms with Crippen molar-refractivity contribution in [1.29, 1.82) is 0 Å². The molecule has 5 nitrogen and oxygen atoms in total. The third kappa shape index (κ3) is 3.48. The molecule has 0 aromatic carbocycles. The highest BCUT2D eigenvalue weighted by molar-refractivity contribution is 5.93. The van der Waals surface area contributed by atoms with Crippen LogP contribution in [0.2, 0.25) is 0 Å². The zero-order valence-electron chi connectivity index (χ0n) is 10.0. The number of piperidine rings is 1. The summed E-state index contributed by atoms with van der Waals surface area (Å²) in [5.41, 5.74) is 5.64. The number of aliphatic imine (C=N–C) groups is 1. The number of hydrogen-bond donors (Lipinski definition) is 2. The predicted molar refractivity (Wildman–Crippen MR) is 63.2 cm³/mol. The van der Waals surface area contributed by atoms with Gasteiger partial charge in [-0.3, -0.25) is 0 Å². The normalized spacial score (nSPS) is 22.6. The van der Waals surface area contributed by atoms with Gasteiger partial charge in [-0.15, -0.1) is 0 Å². The van der Waals surface area contributed by atoms with E-state index in [0.29, 0.717) is 18.9 Å². The van der Waals surface area contributed by atoms with Crippen molar-refractivity contribution < 1.29 is 9.90 Å². The van der Waals surface area contributed by atoms with Crippen LogP contribution in [0.4, 0.5) is 4.79 Å². The number of urea groups is 1. The number of hydrogen-bond acceptors (Lipinski definition) is 2. The standard InChI is InChI=1S/C11H21N3O2/c1-8(2)10(12)13-11(16)14-5-3-4-9(6-14)7-15/h8-9,15H,3-7H2,1-2H3,(H2,12,13,16). The average Bonchev–Trinajstić information content (AvgIpc) is 2.28. The molecule has 3 N–H and O–H groups in total. The summed E-state index contributed by atoms with van der Waals surface area (Å²) in [6.07, 6.45) is 1.90. The number of carbonyl (C=O) groups is 1. The maximum absolute atomic E-state index is 11.8. The maximum atomic E-state index is 11.8. The number of amides is 2. The number of aliphatic hydroxyl groups is 1. The van der Waals surface area contributed by atoms with Gasteiger partial charge in [-0.05, 0) is 18.8 Å². The SMILES string of the molecule is CC(C)C(N)=NC(=O)N1CCCC(CO)C1. The lowest BCUT2D eigenvalue weighted by Gasteiger charge is -2.30. The van der Waals surface area contributed by atoms with Crippen LogP contribution in [0.3, 0.4) is 0 Å². The highest BCUT2D eigenvalue weighted by Crippen LogP contribution is 2.16. The van der Waals surface area contributed by atoms with E-state index in [2.05, 4.69) is 4.99 Å². The first-order valence-electron chi connectivity index (χ1n) is 5.78. The molecule has 1 heterocycles. The Hall–Kier alpha value is -1.10. The van der Waals surface area contributed by atoms with Gasteiger partial charge in [0.05, 0.1) is 0 Å². The lowest BCUT2D eigenvalue weighted by molar-refractivity contribution is 0.134. The smallest absolute Gasteiger partial charge is 0.345 e. The Labute approximate surface area is 96.3 Å². The second kappa shape index (κ2) is 5.84. The zero-order valence-corrected chi connectivity index (χ0v) is 10.0. The number of nitrogens with zero attached hydrogens (tertiary/aromatic N) is 2. The Bertz CT molecular complexity index is 276. The molecule has 0 saturated carbocycles. The van der Waals surface area contributed by atoms with E-state index in [1.165, 1.54) is 0 Å². The first-order valence-corrected chi connectivity index (χ1v) is 5.78.